The van der Waals surface area contributed by atoms with Crippen molar-refractivity contribution in [3.63, 3.8) is 0 Å². The van der Waals surface area contributed by atoms with Crippen LogP contribution in [-0.4, -0.2) is 35.4 Å². The summed E-state index contributed by atoms with van der Waals surface area (Å²) in [7, 11) is 1.55. The Kier molecular flexibility index (Phi) is 6.13. The fourth-order valence-corrected chi connectivity index (χ4v) is 5.43. The fraction of sp³-hybridized carbons (Fsp3) is 0.333. The molecule has 32 heavy (non-hydrogen) atoms. The summed E-state index contributed by atoms with van der Waals surface area (Å²) in [4.78, 5) is 14.5. The quantitative estimate of drug-likeness (QED) is 0.702. The highest BCUT2D eigenvalue weighted by molar-refractivity contribution is 8.03. The molecule has 0 unspecified atom stereocenters. The van der Waals surface area contributed by atoms with Crippen LogP contribution >= 0.6 is 11.8 Å². The first-order valence-corrected chi connectivity index (χ1v) is 11.3. The first-order valence-electron chi connectivity index (χ1n) is 10.3. The number of carbonyl (C=O) groups excluding carboxylic acids is 1. The Morgan fingerprint density at radius 2 is 2.03 bits per heavy atom. The molecule has 1 N–H and O–H groups in total. The van der Waals surface area contributed by atoms with Crippen LogP contribution in [0.4, 0.5) is 4.39 Å². The highest BCUT2D eigenvalue weighted by Gasteiger charge is 2.51. The van der Waals surface area contributed by atoms with Crippen LogP contribution in [0.1, 0.15) is 36.8 Å². The maximum Gasteiger partial charge on any atom is 0.231 e. The molecule has 1 saturated heterocycles. The number of rotatable bonds is 6. The lowest BCUT2D eigenvalue weighted by Crippen LogP contribution is -2.48. The Bertz CT molecular complexity index is 1110. The predicted molar refractivity (Wildman–Crippen MR) is 118 cm³/mol. The van der Waals surface area contributed by atoms with E-state index in [1.165, 1.54) is 40.9 Å². The van der Waals surface area contributed by atoms with Gasteiger partial charge in [-0.3, -0.25) is 9.69 Å². The van der Waals surface area contributed by atoms with Crippen LogP contribution in [0.5, 0.6) is 11.5 Å². The van der Waals surface area contributed by atoms with Gasteiger partial charge in [-0.05, 0) is 36.2 Å². The number of hydrogen-bond acceptors (Lipinski definition) is 6. The van der Waals surface area contributed by atoms with Crippen molar-refractivity contribution in [2.45, 2.75) is 31.4 Å². The lowest BCUT2D eigenvalue weighted by atomic mass is 9.85. The van der Waals surface area contributed by atoms with Gasteiger partial charge in [-0.15, -0.1) is 11.8 Å². The normalized spacial score (nSPS) is 22.5. The molecule has 2 aliphatic rings. The standard InChI is InChI=1S/C24H23FN2O4S/c1-3-10-31-20-9-4-15(11-21(20)30-2)18-12-22(28)27-23(19(18)13-26)32-14-24(27,29)16-5-7-17(25)8-6-16/h4-9,11,18,29H,3,10,12,14H2,1-2H3/t18-,24-/m1/s1. The number of carbonyl (C=O) groups is 1. The second-order valence-corrected chi connectivity index (χ2v) is 8.65. The molecule has 0 bridgehead atoms. The van der Waals surface area contributed by atoms with Gasteiger partial charge in [-0.1, -0.05) is 25.1 Å². The predicted octanol–water partition coefficient (Wildman–Crippen LogP) is 4.27. The van der Waals surface area contributed by atoms with Crippen molar-refractivity contribution < 1.29 is 23.8 Å². The zero-order valence-corrected chi connectivity index (χ0v) is 18.6. The van der Waals surface area contributed by atoms with Crippen molar-refractivity contribution in [3.05, 3.63) is 70.0 Å². The van der Waals surface area contributed by atoms with Gasteiger partial charge in [0.05, 0.1) is 36.1 Å². The van der Waals surface area contributed by atoms with Gasteiger partial charge in [0, 0.05) is 17.9 Å². The van der Waals surface area contributed by atoms with Gasteiger partial charge in [0.1, 0.15) is 5.82 Å². The average molecular weight is 455 g/mol. The molecule has 0 saturated carbocycles. The van der Waals surface area contributed by atoms with Gasteiger partial charge in [-0.2, -0.15) is 5.26 Å². The number of nitriles is 1. The minimum atomic E-state index is -1.63. The third kappa shape index (κ3) is 3.72. The van der Waals surface area contributed by atoms with E-state index in [1.54, 1.807) is 19.2 Å². The molecule has 0 radical (unpaired) electrons. The minimum absolute atomic E-state index is 0.0226. The number of thioether (sulfide) groups is 1. The molecule has 6 nitrogen and oxygen atoms in total. The smallest absolute Gasteiger partial charge is 0.231 e. The average Bonchev–Trinajstić information content (AvgIpc) is 3.17. The molecule has 1 amide bonds. The summed E-state index contributed by atoms with van der Waals surface area (Å²) < 4.78 is 24.6. The second kappa shape index (κ2) is 8.85. The summed E-state index contributed by atoms with van der Waals surface area (Å²) in [6, 6.07) is 13.1. The first-order chi connectivity index (χ1) is 15.4. The number of aliphatic hydroxyl groups is 1. The Morgan fingerprint density at radius 1 is 1.28 bits per heavy atom. The highest BCUT2D eigenvalue weighted by atomic mass is 32.2. The maximum atomic E-state index is 13.4. The Labute approximate surface area is 190 Å². The van der Waals surface area contributed by atoms with Gasteiger partial charge in [0.25, 0.3) is 0 Å². The summed E-state index contributed by atoms with van der Waals surface area (Å²) in [5.41, 5.74) is -0.0463. The number of hydrogen-bond donors (Lipinski definition) is 1. The molecule has 2 aromatic rings. The van der Waals surface area contributed by atoms with E-state index < -0.39 is 17.5 Å². The van der Waals surface area contributed by atoms with Gasteiger partial charge in [-0.25, -0.2) is 4.39 Å². The Hall–Kier alpha value is -3.02. The molecule has 0 aromatic heterocycles. The van der Waals surface area contributed by atoms with E-state index in [-0.39, 0.29) is 18.1 Å². The van der Waals surface area contributed by atoms with E-state index in [9.17, 15) is 19.6 Å². The number of methoxy groups -OCH3 is 1. The fourth-order valence-electron chi connectivity index (χ4n) is 4.07. The van der Waals surface area contributed by atoms with Crippen molar-refractivity contribution in [2.24, 2.45) is 0 Å². The zero-order valence-electron chi connectivity index (χ0n) is 17.8. The summed E-state index contributed by atoms with van der Waals surface area (Å²) in [5.74, 6) is 0.109. The molecule has 2 heterocycles. The zero-order chi connectivity index (χ0) is 22.9. The SMILES string of the molecule is CCCOc1ccc([C@H]2CC(=O)N3C(=C2C#N)SC[C@@]3(O)c2ccc(F)cc2)cc1OC. The van der Waals surface area contributed by atoms with Gasteiger partial charge >= 0.3 is 0 Å². The van der Waals surface area contributed by atoms with E-state index in [1.807, 2.05) is 13.0 Å². The Morgan fingerprint density at radius 3 is 2.69 bits per heavy atom. The van der Waals surface area contributed by atoms with Crippen LogP contribution in [0.2, 0.25) is 0 Å². The lowest BCUT2D eigenvalue weighted by molar-refractivity contribution is -0.149. The van der Waals surface area contributed by atoms with Gasteiger partial charge in [0.15, 0.2) is 17.2 Å². The molecule has 2 aromatic carbocycles. The number of fused-ring (bicyclic) bond motifs is 1. The highest BCUT2D eigenvalue weighted by Crippen LogP contribution is 2.52. The van der Waals surface area contributed by atoms with Crippen LogP contribution in [0.3, 0.4) is 0 Å². The van der Waals surface area contributed by atoms with Crippen molar-refractivity contribution in [3.8, 4) is 17.6 Å². The van der Waals surface area contributed by atoms with Gasteiger partial charge in [0.2, 0.25) is 5.91 Å². The van der Waals surface area contributed by atoms with E-state index >= 15 is 0 Å². The van der Waals surface area contributed by atoms with E-state index in [4.69, 9.17) is 9.47 Å². The van der Waals surface area contributed by atoms with Crippen LogP contribution < -0.4 is 9.47 Å². The van der Waals surface area contributed by atoms with E-state index in [0.29, 0.717) is 34.3 Å². The summed E-state index contributed by atoms with van der Waals surface area (Å²) in [6.45, 7) is 2.57. The maximum absolute atomic E-state index is 13.4. The van der Waals surface area contributed by atoms with E-state index in [0.717, 1.165) is 12.0 Å². The summed E-state index contributed by atoms with van der Waals surface area (Å²) in [5, 5.41) is 21.8. The van der Waals surface area contributed by atoms with Crippen LogP contribution in [0.15, 0.2) is 53.1 Å². The minimum Gasteiger partial charge on any atom is -0.493 e. The number of allylic oxidation sites excluding steroid dienone is 1. The molecular formula is C24H23FN2O4S. The Balaban J connectivity index is 1.73. The molecule has 8 heteroatoms. The third-order valence-corrected chi connectivity index (χ3v) is 6.89. The molecule has 1 fully saturated rings. The molecule has 2 atom stereocenters. The molecule has 2 aliphatic heterocycles. The van der Waals surface area contributed by atoms with Crippen molar-refractivity contribution in [2.75, 3.05) is 19.5 Å². The lowest BCUT2D eigenvalue weighted by Gasteiger charge is -2.38. The number of amides is 1. The summed E-state index contributed by atoms with van der Waals surface area (Å²) in [6.07, 6.45) is 0.880. The van der Waals surface area contributed by atoms with E-state index in [2.05, 4.69) is 6.07 Å². The van der Waals surface area contributed by atoms with Gasteiger partial charge < -0.3 is 14.6 Å². The van der Waals surface area contributed by atoms with Crippen LogP contribution in [0, 0.1) is 17.1 Å². The third-order valence-electron chi connectivity index (χ3n) is 5.67. The largest absolute Gasteiger partial charge is 0.493 e. The second-order valence-electron chi connectivity index (χ2n) is 7.69. The molecule has 4 rings (SSSR count). The molecule has 0 spiro atoms. The monoisotopic (exact) mass is 454 g/mol. The van der Waals surface area contributed by atoms with Crippen LogP contribution in [0.25, 0.3) is 0 Å². The number of halogens is 1. The topological polar surface area (TPSA) is 82.8 Å². The van der Waals surface area contributed by atoms with Crippen molar-refractivity contribution >= 4 is 17.7 Å². The number of ether oxygens (including phenoxy) is 2. The summed E-state index contributed by atoms with van der Waals surface area (Å²) >= 11 is 1.25. The molecular weight excluding hydrogens is 431 g/mol. The van der Waals surface area contributed by atoms with Crippen LogP contribution in [-0.2, 0) is 10.5 Å². The molecule has 0 aliphatic carbocycles. The first kappa shape index (κ1) is 22.2. The van der Waals surface area contributed by atoms with Crippen molar-refractivity contribution in [1.29, 1.82) is 5.26 Å². The number of benzene rings is 2. The van der Waals surface area contributed by atoms with Crippen molar-refractivity contribution in [1.82, 2.24) is 4.90 Å². The number of nitrogens with zero attached hydrogens (tertiary/aromatic N) is 2. The molecule has 166 valence electrons.